The third-order valence-electron chi connectivity index (χ3n) is 4.54. The fourth-order valence-electron chi connectivity index (χ4n) is 3.15. The maximum absolute atomic E-state index is 12.5. The lowest BCUT2D eigenvalue weighted by molar-refractivity contribution is -0.140. The zero-order valence-electron chi connectivity index (χ0n) is 15.6. The molecule has 2 amide bonds. The molecule has 2 heterocycles. The van der Waals surface area contributed by atoms with E-state index in [1.165, 1.54) is 22.8 Å². The molecule has 3 aromatic rings. The van der Waals surface area contributed by atoms with Crippen molar-refractivity contribution in [3.63, 3.8) is 0 Å². The maximum Gasteiger partial charge on any atom is 0.339 e. The summed E-state index contributed by atoms with van der Waals surface area (Å²) in [5.41, 5.74) is 4.45. The number of nitrogens with one attached hydrogen (secondary N) is 1. The number of rotatable bonds is 5. The van der Waals surface area contributed by atoms with Crippen LogP contribution in [0.25, 0.3) is 11.0 Å². The second-order valence-electron chi connectivity index (χ2n) is 6.53. The Balaban J connectivity index is 1.48. The van der Waals surface area contributed by atoms with Gasteiger partial charge in [0.2, 0.25) is 0 Å². The van der Waals surface area contributed by atoms with Gasteiger partial charge in [0, 0.05) is 0 Å². The minimum absolute atomic E-state index is 0.178. The van der Waals surface area contributed by atoms with Crippen molar-refractivity contribution in [1.82, 2.24) is 10.4 Å². The Morgan fingerprint density at radius 2 is 1.97 bits per heavy atom. The molecule has 1 saturated heterocycles. The Labute approximate surface area is 170 Å². The molecule has 1 atom stereocenters. The van der Waals surface area contributed by atoms with Crippen molar-refractivity contribution in [3.05, 3.63) is 76.1 Å². The number of benzene rings is 2. The van der Waals surface area contributed by atoms with Crippen LogP contribution >= 0.6 is 11.8 Å². The number of aryl methyl sites for hydroxylation is 1. The number of amides is 2. The summed E-state index contributed by atoms with van der Waals surface area (Å²) in [4.78, 5) is 36.5. The number of carbonyl (C=O) groups excluding carboxylic acids is 2. The van der Waals surface area contributed by atoms with Crippen LogP contribution in [0.1, 0.15) is 16.5 Å². The first-order valence-electron chi connectivity index (χ1n) is 8.97. The third kappa shape index (κ3) is 3.97. The van der Waals surface area contributed by atoms with Crippen LogP contribution in [0.3, 0.4) is 0 Å². The van der Waals surface area contributed by atoms with Crippen LogP contribution in [0.15, 0.2) is 63.8 Å². The number of thioether (sulfide) groups is 1. The van der Waals surface area contributed by atoms with Crippen LogP contribution in [0.5, 0.6) is 5.75 Å². The van der Waals surface area contributed by atoms with Gasteiger partial charge in [-0.15, -0.1) is 11.8 Å². The predicted molar refractivity (Wildman–Crippen MR) is 109 cm³/mol. The lowest BCUT2D eigenvalue weighted by Crippen LogP contribution is -2.46. The van der Waals surface area contributed by atoms with Gasteiger partial charge in [-0.3, -0.25) is 15.0 Å². The average Bonchev–Trinajstić information content (AvgIpc) is 3.06. The molecule has 1 aliphatic heterocycles. The first-order chi connectivity index (χ1) is 14.0. The van der Waals surface area contributed by atoms with Crippen LogP contribution in [-0.2, 0) is 9.59 Å². The fraction of sp³-hybridized carbons (Fsp3) is 0.190. The summed E-state index contributed by atoms with van der Waals surface area (Å²) in [5.74, 6) is -0.131. The smallest absolute Gasteiger partial charge is 0.339 e. The van der Waals surface area contributed by atoms with Gasteiger partial charge < -0.3 is 9.15 Å². The van der Waals surface area contributed by atoms with Crippen molar-refractivity contribution in [3.8, 4) is 5.75 Å². The Hall–Kier alpha value is -3.26. The van der Waals surface area contributed by atoms with Gasteiger partial charge >= 0.3 is 5.63 Å². The second-order valence-corrected chi connectivity index (χ2v) is 7.60. The molecule has 148 valence electrons. The van der Waals surface area contributed by atoms with E-state index < -0.39 is 11.5 Å². The number of nitrogens with zero attached hydrogens (tertiary/aromatic N) is 1. The normalized spacial score (nSPS) is 16.2. The van der Waals surface area contributed by atoms with Gasteiger partial charge in [0.25, 0.3) is 11.8 Å². The summed E-state index contributed by atoms with van der Waals surface area (Å²) >= 11 is 1.45. The molecule has 0 radical (unpaired) electrons. The molecule has 7 nitrogen and oxygen atoms in total. The lowest BCUT2D eigenvalue weighted by atomic mass is 10.1. The lowest BCUT2D eigenvalue weighted by Gasteiger charge is -2.25. The molecule has 0 aliphatic carbocycles. The number of hydrogen-bond acceptors (Lipinski definition) is 6. The standard InChI is InChI=1S/C21H18N2O5S/c1-13-6-2-3-7-14(13)21-23(19(25)12-29-21)22-18(24)11-27-17-10-20(26)28-16-9-5-4-8-15(16)17/h2-10,21H,11-12H2,1H3,(H,22,24). The zero-order chi connectivity index (χ0) is 20.4. The van der Waals surface area contributed by atoms with E-state index >= 15 is 0 Å². The van der Waals surface area contributed by atoms with E-state index in [9.17, 15) is 14.4 Å². The van der Waals surface area contributed by atoms with Crippen molar-refractivity contribution in [2.75, 3.05) is 12.4 Å². The molecule has 1 aromatic heterocycles. The second kappa shape index (κ2) is 8.00. The van der Waals surface area contributed by atoms with Gasteiger partial charge in [-0.25, -0.2) is 9.80 Å². The molecule has 1 unspecified atom stereocenters. The molecule has 4 rings (SSSR count). The Morgan fingerprint density at radius 1 is 1.21 bits per heavy atom. The van der Waals surface area contributed by atoms with Gasteiger partial charge in [-0.05, 0) is 30.2 Å². The molecule has 2 aromatic carbocycles. The number of fused-ring (bicyclic) bond motifs is 1. The summed E-state index contributed by atoms with van der Waals surface area (Å²) in [6.45, 7) is 1.62. The highest BCUT2D eigenvalue weighted by Crippen LogP contribution is 2.38. The van der Waals surface area contributed by atoms with Crippen LogP contribution in [0.2, 0.25) is 0 Å². The SMILES string of the molecule is Cc1ccccc1C1SCC(=O)N1NC(=O)COc1cc(=O)oc2ccccc12. The monoisotopic (exact) mass is 410 g/mol. The Bertz CT molecular complexity index is 1140. The summed E-state index contributed by atoms with van der Waals surface area (Å²) in [6, 6.07) is 15.8. The molecule has 0 spiro atoms. The summed E-state index contributed by atoms with van der Waals surface area (Å²) < 4.78 is 10.7. The molecule has 0 bridgehead atoms. The van der Waals surface area contributed by atoms with E-state index in [1.807, 2.05) is 31.2 Å². The van der Waals surface area contributed by atoms with Crippen molar-refractivity contribution in [1.29, 1.82) is 0 Å². The fourth-order valence-corrected chi connectivity index (χ4v) is 4.35. The topological polar surface area (TPSA) is 88.9 Å². The van der Waals surface area contributed by atoms with E-state index in [4.69, 9.17) is 9.15 Å². The van der Waals surface area contributed by atoms with Crippen LogP contribution in [-0.4, -0.2) is 29.2 Å². The molecule has 1 fully saturated rings. The number of para-hydroxylation sites is 1. The van der Waals surface area contributed by atoms with Crippen molar-refractivity contribution >= 4 is 34.5 Å². The molecule has 1 aliphatic rings. The number of carbonyl (C=O) groups is 2. The predicted octanol–water partition coefficient (Wildman–Crippen LogP) is 2.79. The highest BCUT2D eigenvalue weighted by Gasteiger charge is 2.35. The van der Waals surface area contributed by atoms with Crippen molar-refractivity contribution < 1.29 is 18.7 Å². The highest BCUT2D eigenvalue weighted by molar-refractivity contribution is 8.00. The van der Waals surface area contributed by atoms with Gasteiger partial charge in [-0.2, -0.15) is 0 Å². The highest BCUT2D eigenvalue weighted by atomic mass is 32.2. The Kier molecular flexibility index (Phi) is 5.26. The molecular formula is C21H18N2O5S. The number of hydrogen-bond donors (Lipinski definition) is 1. The molecule has 1 N–H and O–H groups in total. The van der Waals surface area contributed by atoms with Crippen LogP contribution < -0.4 is 15.8 Å². The van der Waals surface area contributed by atoms with Crippen molar-refractivity contribution in [2.45, 2.75) is 12.3 Å². The summed E-state index contributed by atoms with van der Waals surface area (Å²) in [7, 11) is 0. The molecule has 0 saturated carbocycles. The maximum atomic E-state index is 12.5. The van der Waals surface area contributed by atoms with E-state index in [-0.39, 0.29) is 29.4 Å². The van der Waals surface area contributed by atoms with Crippen molar-refractivity contribution in [2.24, 2.45) is 0 Å². The van der Waals surface area contributed by atoms with Gasteiger partial charge in [0.1, 0.15) is 16.7 Å². The number of ether oxygens (including phenoxy) is 1. The number of hydrazine groups is 1. The molecule has 29 heavy (non-hydrogen) atoms. The zero-order valence-corrected chi connectivity index (χ0v) is 16.4. The van der Waals surface area contributed by atoms with Crippen LogP contribution in [0, 0.1) is 6.92 Å². The summed E-state index contributed by atoms with van der Waals surface area (Å²) in [5, 5.41) is 1.64. The van der Waals surface area contributed by atoms with Gasteiger partial charge in [-0.1, -0.05) is 36.4 Å². The first-order valence-corrected chi connectivity index (χ1v) is 10.0. The van der Waals surface area contributed by atoms with E-state index in [0.29, 0.717) is 11.0 Å². The largest absolute Gasteiger partial charge is 0.483 e. The molecular weight excluding hydrogens is 392 g/mol. The quantitative estimate of drug-likeness (QED) is 0.651. The van der Waals surface area contributed by atoms with E-state index in [0.717, 1.165) is 11.1 Å². The minimum atomic E-state index is -0.565. The van der Waals surface area contributed by atoms with Gasteiger partial charge in [0.05, 0.1) is 17.2 Å². The van der Waals surface area contributed by atoms with Gasteiger partial charge in [0.15, 0.2) is 6.61 Å². The Morgan fingerprint density at radius 3 is 2.79 bits per heavy atom. The molecule has 8 heteroatoms. The first kappa shape index (κ1) is 19.1. The third-order valence-corrected chi connectivity index (χ3v) is 5.73. The van der Waals surface area contributed by atoms with Crippen LogP contribution in [0.4, 0.5) is 0 Å². The average molecular weight is 410 g/mol. The summed E-state index contributed by atoms with van der Waals surface area (Å²) in [6.07, 6.45) is 0. The van der Waals surface area contributed by atoms with E-state index in [2.05, 4.69) is 5.43 Å². The minimum Gasteiger partial charge on any atom is -0.483 e. The van der Waals surface area contributed by atoms with E-state index in [1.54, 1.807) is 24.3 Å².